The lowest BCUT2D eigenvalue weighted by Gasteiger charge is -2.47. The van der Waals surface area contributed by atoms with Crippen molar-refractivity contribution in [3.05, 3.63) is 59.5 Å². The number of aromatic nitrogens is 1. The first-order valence-corrected chi connectivity index (χ1v) is 10.4. The van der Waals surface area contributed by atoms with Gasteiger partial charge in [-0.15, -0.1) is 0 Å². The van der Waals surface area contributed by atoms with Crippen molar-refractivity contribution < 1.29 is 28.9 Å². The first-order valence-electron chi connectivity index (χ1n) is 10.4. The maximum atomic E-state index is 13.7. The van der Waals surface area contributed by atoms with Crippen LogP contribution in [0.2, 0.25) is 0 Å². The fourth-order valence-electron chi connectivity index (χ4n) is 5.07. The Balaban J connectivity index is 1.87. The smallest absolute Gasteiger partial charge is 0.332 e. The highest BCUT2D eigenvalue weighted by Crippen LogP contribution is 2.53. The highest BCUT2D eigenvalue weighted by molar-refractivity contribution is 5.94. The number of hydrogen-bond donors (Lipinski definition) is 2. The summed E-state index contributed by atoms with van der Waals surface area (Å²) in [7, 11) is 0. The summed E-state index contributed by atoms with van der Waals surface area (Å²) in [6.07, 6.45) is -0.350. The number of phenols is 1. The Kier molecular flexibility index (Phi) is 4.39. The Morgan fingerprint density at radius 1 is 1.19 bits per heavy atom. The van der Waals surface area contributed by atoms with Crippen molar-refractivity contribution in [2.24, 2.45) is 0 Å². The van der Waals surface area contributed by atoms with Gasteiger partial charge in [-0.2, -0.15) is 0 Å². The van der Waals surface area contributed by atoms with Crippen molar-refractivity contribution in [1.29, 1.82) is 0 Å². The molecule has 162 valence electrons. The second kappa shape index (κ2) is 6.80. The third-order valence-corrected chi connectivity index (χ3v) is 6.48. The Morgan fingerprint density at radius 3 is 2.65 bits per heavy atom. The molecule has 3 heterocycles. The van der Waals surface area contributed by atoms with Crippen LogP contribution in [0.15, 0.2) is 42.5 Å². The van der Waals surface area contributed by atoms with E-state index < -0.39 is 23.1 Å². The number of rotatable bonds is 2. The fourth-order valence-corrected chi connectivity index (χ4v) is 5.07. The first kappa shape index (κ1) is 20.0. The summed E-state index contributed by atoms with van der Waals surface area (Å²) in [6, 6.07) is 11.5. The van der Waals surface area contributed by atoms with E-state index in [2.05, 4.69) is 13.8 Å². The predicted octanol–water partition coefficient (Wildman–Crippen LogP) is 4.24. The van der Waals surface area contributed by atoms with E-state index in [-0.39, 0.29) is 24.6 Å². The van der Waals surface area contributed by atoms with Crippen molar-refractivity contribution in [2.75, 3.05) is 13.2 Å². The lowest BCUT2D eigenvalue weighted by molar-refractivity contribution is -0.182. The maximum absolute atomic E-state index is 13.7. The molecule has 2 N–H and O–H groups in total. The summed E-state index contributed by atoms with van der Waals surface area (Å²) in [5.41, 5.74) is 1.95. The van der Waals surface area contributed by atoms with E-state index in [4.69, 9.17) is 9.47 Å². The van der Waals surface area contributed by atoms with Gasteiger partial charge in [0.25, 0.3) is 0 Å². The topological polar surface area (TPSA) is 80.9 Å². The highest BCUT2D eigenvalue weighted by Gasteiger charge is 2.52. The Morgan fingerprint density at radius 2 is 1.94 bits per heavy atom. The number of phenolic OH excluding ortho intramolecular Hbond substituents is 1. The second-order valence-corrected chi connectivity index (χ2v) is 9.03. The molecule has 3 aromatic rings. The highest BCUT2D eigenvalue weighted by atomic mass is 19.1. The average Bonchev–Trinajstić information content (AvgIpc) is 3.11. The maximum Gasteiger partial charge on any atom is 0.332 e. The molecule has 0 aliphatic carbocycles. The predicted molar refractivity (Wildman–Crippen MR) is 112 cm³/mol. The zero-order chi connectivity index (χ0) is 22.0. The van der Waals surface area contributed by atoms with E-state index in [9.17, 15) is 19.4 Å². The minimum Gasteiger partial charge on any atom is -0.507 e. The van der Waals surface area contributed by atoms with Crippen molar-refractivity contribution in [3.8, 4) is 11.4 Å². The normalized spacial score (nSPS) is 24.9. The molecule has 6 nitrogen and oxygen atoms in total. The first-order chi connectivity index (χ1) is 14.7. The van der Waals surface area contributed by atoms with Crippen LogP contribution >= 0.6 is 0 Å². The van der Waals surface area contributed by atoms with Gasteiger partial charge in [0.1, 0.15) is 17.2 Å². The average molecular weight is 425 g/mol. The molecule has 2 unspecified atom stereocenters. The number of carbonyl (C=O) groups is 1. The largest absolute Gasteiger partial charge is 0.507 e. The van der Waals surface area contributed by atoms with Gasteiger partial charge in [0, 0.05) is 40.6 Å². The number of carboxylic acid groups (broad SMARTS) is 1. The molecule has 0 saturated carbocycles. The Hall–Kier alpha value is -2.90. The molecule has 2 atom stereocenters. The Labute approximate surface area is 178 Å². The molecule has 1 saturated heterocycles. The number of halogens is 1. The molecule has 5 rings (SSSR count). The van der Waals surface area contributed by atoms with E-state index in [0.29, 0.717) is 18.4 Å². The zero-order valence-corrected chi connectivity index (χ0v) is 17.4. The van der Waals surface area contributed by atoms with Gasteiger partial charge in [0.2, 0.25) is 0 Å². The van der Waals surface area contributed by atoms with Crippen LogP contribution in [0.5, 0.6) is 5.75 Å². The van der Waals surface area contributed by atoms with Crippen LogP contribution in [0.1, 0.15) is 37.9 Å². The number of carboxylic acids is 1. The van der Waals surface area contributed by atoms with Crippen LogP contribution in [0, 0.1) is 5.82 Å². The van der Waals surface area contributed by atoms with Gasteiger partial charge in [0.15, 0.2) is 6.10 Å². The van der Waals surface area contributed by atoms with Gasteiger partial charge in [-0.05, 0) is 36.4 Å². The molecule has 1 aromatic heterocycles. The van der Waals surface area contributed by atoms with Crippen molar-refractivity contribution in [1.82, 2.24) is 4.57 Å². The molecule has 2 aliphatic heterocycles. The second-order valence-electron chi connectivity index (χ2n) is 9.03. The number of ether oxygens (including phenoxy) is 2. The molecule has 2 aromatic carbocycles. The van der Waals surface area contributed by atoms with Crippen LogP contribution in [0.25, 0.3) is 16.6 Å². The summed E-state index contributed by atoms with van der Waals surface area (Å²) >= 11 is 0. The standard InChI is InChI=1S/C24H24FNO5/c1-23(2)13-31-24(10-11-30-18(12-24)22(28)29)20-19-16(4-3-5-17(19)27)26(21(20)23)15-8-6-14(25)7-9-15/h3-9,18,27H,10-13H2,1-2H3,(H,28,29). The van der Waals surface area contributed by atoms with Gasteiger partial charge in [-0.25, -0.2) is 9.18 Å². The summed E-state index contributed by atoms with van der Waals surface area (Å²) in [5.74, 6) is -1.25. The Bertz CT molecular complexity index is 1180. The number of nitrogens with zero attached hydrogens (tertiary/aromatic N) is 1. The number of aliphatic carboxylic acids is 1. The fraction of sp³-hybridized carbons (Fsp3) is 0.375. The molecule has 0 amide bonds. The van der Waals surface area contributed by atoms with Crippen LogP contribution < -0.4 is 0 Å². The molecule has 0 radical (unpaired) electrons. The van der Waals surface area contributed by atoms with Gasteiger partial charge < -0.3 is 24.3 Å². The van der Waals surface area contributed by atoms with E-state index in [1.54, 1.807) is 24.3 Å². The number of benzene rings is 2. The quantitative estimate of drug-likeness (QED) is 0.642. The minimum absolute atomic E-state index is 0.105. The van der Waals surface area contributed by atoms with Crippen LogP contribution in [0.4, 0.5) is 4.39 Å². The van der Waals surface area contributed by atoms with E-state index in [0.717, 1.165) is 22.5 Å². The van der Waals surface area contributed by atoms with E-state index >= 15 is 0 Å². The minimum atomic E-state index is -1.03. The van der Waals surface area contributed by atoms with Gasteiger partial charge in [0.05, 0.1) is 18.7 Å². The molecular weight excluding hydrogens is 401 g/mol. The van der Waals surface area contributed by atoms with Crippen molar-refractivity contribution in [3.63, 3.8) is 0 Å². The summed E-state index contributed by atoms with van der Waals surface area (Å²) in [6.45, 7) is 4.74. The van der Waals surface area contributed by atoms with Crippen LogP contribution in [-0.2, 0) is 25.3 Å². The molecule has 31 heavy (non-hydrogen) atoms. The molecule has 0 bridgehead atoms. The molecule has 1 spiro atoms. The number of hydrogen-bond acceptors (Lipinski definition) is 4. The number of fused-ring (bicyclic) bond motifs is 4. The third-order valence-electron chi connectivity index (χ3n) is 6.48. The molecular formula is C24H24FNO5. The van der Waals surface area contributed by atoms with Crippen LogP contribution in [0.3, 0.4) is 0 Å². The third kappa shape index (κ3) is 2.95. The molecule has 2 aliphatic rings. The zero-order valence-electron chi connectivity index (χ0n) is 17.4. The van der Waals surface area contributed by atoms with Crippen molar-refractivity contribution >= 4 is 16.9 Å². The van der Waals surface area contributed by atoms with Gasteiger partial charge in [-0.3, -0.25) is 0 Å². The van der Waals surface area contributed by atoms with Gasteiger partial charge >= 0.3 is 5.97 Å². The summed E-state index contributed by atoms with van der Waals surface area (Å²) in [4.78, 5) is 11.7. The lowest BCUT2D eigenvalue weighted by Crippen LogP contribution is -2.50. The van der Waals surface area contributed by atoms with Crippen LogP contribution in [-0.4, -0.2) is 40.1 Å². The van der Waals surface area contributed by atoms with Gasteiger partial charge in [-0.1, -0.05) is 19.9 Å². The van der Waals surface area contributed by atoms with Crippen molar-refractivity contribution in [2.45, 2.75) is 43.8 Å². The SMILES string of the molecule is CC1(C)COC2(CCOC(C(=O)O)C2)c2c1n(-c1ccc(F)cc1)c1cccc(O)c21. The number of aromatic hydroxyl groups is 1. The summed E-state index contributed by atoms with van der Waals surface area (Å²) in [5, 5.41) is 21.2. The molecule has 7 heteroatoms. The monoisotopic (exact) mass is 425 g/mol. The lowest BCUT2D eigenvalue weighted by atomic mass is 9.73. The molecule has 1 fully saturated rings. The summed E-state index contributed by atoms with van der Waals surface area (Å²) < 4.78 is 27.6. The van der Waals surface area contributed by atoms with E-state index in [1.165, 1.54) is 12.1 Å². The van der Waals surface area contributed by atoms with E-state index in [1.807, 2.05) is 10.6 Å².